The Kier molecular flexibility index (Phi) is 6.14. The van der Waals surface area contributed by atoms with Gasteiger partial charge in [0.25, 0.3) is 5.69 Å². The third-order valence-corrected chi connectivity index (χ3v) is 2.93. The third kappa shape index (κ3) is 4.04. The number of hydrogen-bond donors (Lipinski definition) is 1. The highest BCUT2D eigenvalue weighted by molar-refractivity contribution is 5.64. The van der Waals surface area contributed by atoms with Crippen LogP contribution >= 0.6 is 0 Å². The Balaban J connectivity index is 3.18. The van der Waals surface area contributed by atoms with Crippen molar-refractivity contribution in [2.75, 3.05) is 31.7 Å². The van der Waals surface area contributed by atoms with Crippen molar-refractivity contribution in [3.05, 3.63) is 46.5 Å². The van der Waals surface area contributed by atoms with Crippen molar-refractivity contribution in [3.63, 3.8) is 0 Å². The number of ether oxygens (including phenoxy) is 1. The normalized spacial score (nSPS) is 11.9. The van der Waals surface area contributed by atoms with Crippen molar-refractivity contribution in [1.82, 2.24) is 0 Å². The van der Waals surface area contributed by atoms with E-state index in [-0.39, 0.29) is 5.69 Å². The zero-order chi connectivity index (χ0) is 15.1. The molecule has 0 aromatic heterocycles. The summed E-state index contributed by atoms with van der Waals surface area (Å²) in [5.41, 5.74) is 0.989. The molecule has 0 aliphatic carbocycles. The molecule has 0 spiro atoms. The van der Waals surface area contributed by atoms with E-state index in [1.54, 1.807) is 32.2 Å². The zero-order valence-corrected chi connectivity index (χ0v) is 11.8. The Morgan fingerprint density at radius 2 is 2.30 bits per heavy atom. The van der Waals surface area contributed by atoms with Crippen LogP contribution in [0.3, 0.4) is 0 Å². The summed E-state index contributed by atoms with van der Waals surface area (Å²) >= 11 is 0. The number of nitro groups is 1. The molecule has 0 aliphatic rings. The first-order valence-electron chi connectivity index (χ1n) is 6.32. The number of rotatable bonds is 8. The molecule has 0 aliphatic heterocycles. The smallest absolute Gasteiger partial charge is 0.292 e. The molecule has 1 atom stereocenters. The van der Waals surface area contributed by atoms with Gasteiger partial charge < -0.3 is 14.7 Å². The number of hydrogen-bond acceptors (Lipinski definition) is 5. The third-order valence-electron chi connectivity index (χ3n) is 2.93. The molecule has 0 fully saturated rings. The minimum Gasteiger partial charge on any atom is -0.389 e. The van der Waals surface area contributed by atoms with Gasteiger partial charge in [-0.25, -0.2) is 0 Å². The van der Waals surface area contributed by atoms with Crippen molar-refractivity contribution in [3.8, 4) is 0 Å². The van der Waals surface area contributed by atoms with Gasteiger partial charge in [-0.2, -0.15) is 0 Å². The summed E-state index contributed by atoms with van der Waals surface area (Å²) in [6, 6.07) is 4.75. The Labute approximate surface area is 118 Å². The summed E-state index contributed by atoms with van der Waals surface area (Å²) in [4.78, 5) is 12.6. The molecule has 0 bridgehead atoms. The minimum atomic E-state index is -0.741. The lowest BCUT2D eigenvalue weighted by atomic mass is 10.1. The Morgan fingerprint density at radius 1 is 1.60 bits per heavy atom. The van der Waals surface area contributed by atoms with Crippen LogP contribution in [0.1, 0.15) is 18.6 Å². The molecule has 20 heavy (non-hydrogen) atoms. The van der Waals surface area contributed by atoms with Gasteiger partial charge in [0, 0.05) is 26.3 Å². The van der Waals surface area contributed by atoms with Gasteiger partial charge in [-0.15, -0.1) is 6.58 Å². The van der Waals surface area contributed by atoms with Gasteiger partial charge in [0.1, 0.15) is 5.69 Å². The van der Waals surface area contributed by atoms with E-state index in [2.05, 4.69) is 6.58 Å². The molecule has 1 aromatic carbocycles. The van der Waals surface area contributed by atoms with Crippen LogP contribution in [0, 0.1) is 10.1 Å². The van der Waals surface area contributed by atoms with E-state index in [1.165, 1.54) is 6.07 Å². The van der Waals surface area contributed by atoms with Gasteiger partial charge in [-0.1, -0.05) is 12.1 Å². The van der Waals surface area contributed by atoms with Crippen LogP contribution in [-0.2, 0) is 4.74 Å². The summed E-state index contributed by atoms with van der Waals surface area (Å²) < 4.78 is 5.02. The maximum absolute atomic E-state index is 11.2. The molecule has 1 N–H and O–H groups in total. The van der Waals surface area contributed by atoms with Gasteiger partial charge in [-0.05, 0) is 18.6 Å². The predicted molar refractivity (Wildman–Crippen MR) is 78.0 cm³/mol. The van der Waals surface area contributed by atoms with E-state index in [4.69, 9.17) is 4.74 Å². The summed E-state index contributed by atoms with van der Waals surface area (Å²) in [7, 11) is 1.58. The van der Waals surface area contributed by atoms with Crippen LogP contribution in [-0.4, -0.2) is 36.8 Å². The van der Waals surface area contributed by atoms with Gasteiger partial charge in [0.05, 0.1) is 17.6 Å². The first-order valence-corrected chi connectivity index (χ1v) is 6.32. The standard InChI is InChI=1S/C14H20N2O4/c1-4-7-15(8-9-20-3)13-6-5-12(11(2)17)10-14(13)16(18)19/h4-6,10-11,17H,1,7-9H2,2-3H3/t11-/m1/s1. The largest absolute Gasteiger partial charge is 0.389 e. The molecule has 110 valence electrons. The van der Waals surface area contributed by atoms with Crippen LogP contribution in [0.2, 0.25) is 0 Å². The molecule has 1 rings (SSSR count). The topological polar surface area (TPSA) is 75.8 Å². The number of aliphatic hydroxyl groups is 1. The second kappa shape index (κ2) is 7.62. The highest BCUT2D eigenvalue weighted by Crippen LogP contribution is 2.31. The van der Waals surface area contributed by atoms with Crippen LogP contribution in [0.15, 0.2) is 30.9 Å². The van der Waals surface area contributed by atoms with Gasteiger partial charge in [-0.3, -0.25) is 10.1 Å². The fraction of sp³-hybridized carbons (Fsp3) is 0.429. The number of aliphatic hydroxyl groups excluding tert-OH is 1. The SMILES string of the molecule is C=CCN(CCOC)c1ccc([C@@H](C)O)cc1[N+](=O)[O-]. The number of anilines is 1. The molecule has 0 radical (unpaired) electrons. The van der Waals surface area contributed by atoms with E-state index in [1.807, 2.05) is 4.90 Å². The maximum atomic E-state index is 11.2. The molecule has 0 unspecified atom stereocenters. The number of methoxy groups -OCH3 is 1. The first kappa shape index (κ1) is 16.1. The van der Waals surface area contributed by atoms with Crippen molar-refractivity contribution in [1.29, 1.82) is 0 Å². The summed E-state index contributed by atoms with van der Waals surface area (Å²) in [5, 5.41) is 20.8. The highest BCUT2D eigenvalue weighted by Gasteiger charge is 2.20. The van der Waals surface area contributed by atoms with Crippen LogP contribution in [0.5, 0.6) is 0 Å². The molecule has 0 amide bonds. The molecule has 6 heteroatoms. The highest BCUT2D eigenvalue weighted by atomic mass is 16.6. The monoisotopic (exact) mass is 280 g/mol. The van der Waals surface area contributed by atoms with Crippen LogP contribution in [0.4, 0.5) is 11.4 Å². The lowest BCUT2D eigenvalue weighted by molar-refractivity contribution is -0.384. The predicted octanol–water partition coefficient (Wildman–Crippen LogP) is 2.29. The maximum Gasteiger partial charge on any atom is 0.292 e. The molecular weight excluding hydrogens is 260 g/mol. The Morgan fingerprint density at radius 3 is 2.80 bits per heavy atom. The summed E-state index contributed by atoms with van der Waals surface area (Å²) in [6.07, 6.45) is 0.941. The molecule has 0 saturated heterocycles. The van der Waals surface area contributed by atoms with Gasteiger partial charge >= 0.3 is 0 Å². The average molecular weight is 280 g/mol. The fourth-order valence-corrected chi connectivity index (χ4v) is 1.88. The Bertz CT molecular complexity index is 474. The van der Waals surface area contributed by atoms with E-state index >= 15 is 0 Å². The second-order valence-corrected chi connectivity index (χ2v) is 4.41. The molecular formula is C14H20N2O4. The molecule has 1 aromatic rings. The van der Waals surface area contributed by atoms with E-state index < -0.39 is 11.0 Å². The fourth-order valence-electron chi connectivity index (χ4n) is 1.88. The van der Waals surface area contributed by atoms with E-state index in [0.29, 0.717) is 30.9 Å². The Hall–Kier alpha value is -1.92. The summed E-state index contributed by atoms with van der Waals surface area (Å²) in [6.45, 7) is 6.71. The lowest BCUT2D eigenvalue weighted by Gasteiger charge is -2.23. The number of benzene rings is 1. The van der Waals surface area contributed by atoms with Crippen LogP contribution in [0.25, 0.3) is 0 Å². The zero-order valence-electron chi connectivity index (χ0n) is 11.8. The average Bonchev–Trinajstić information content (AvgIpc) is 2.42. The second-order valence-electron chi connectivity index (χ2n) is 4.41. The molecule has 0 heterocycles. The minimum absolute atomic E-state index is 0.0265. The number of nitrogens with zero attached hydrogens (tertiary/aromatic N) is 2. The van der Waals surface area contributed by atoms with Gasteiger partial charge in [0.15, 0.2) is 0 Å². The lowest BCUT2D eigenvalue weighted by Crippen LogP contribution is -2.28. The molecule has 6 nitrogen and oxygen atoms in total. The van der Waals surface area contributed by atoms with E-state index in [0.717, 1.165) is 0 Å². The number of nitro benzene ring substituents is 1. The van der Waals surface area contributed by atoms with Crippen molar-refractivity contribution in [2.45, 2.75) is 13.0 Å². The summed E-state index contributed by atoms with van der Waals surface area (Å²) in [5.74, 6) is 0. The quantitative estimate of drug-likeness (QED) is 0.449. The van der Waals surface area contributed by atoms with E-state index in [9.17, 15) is 15.2 Å². The van der Waals surface area contributed by atoms with Crippen molar-refractivity contribution < 1.29 is 14.8 Å². The van der Waals surface area contributed by atoms with Crippen molar-refractivity contribution >= 4 is 11.4 Å². The van der Waals surface area contributed by atoms with Crippen LogP contribution < -0.4 is 4.90 Å². The van der Waals surface area contributed by atoms with Crippen molar-refractivity contribution in [2.24, 2.45) is 0 Å². The molecule has 0 saturated carbocycles. The first-order chi connectivity index (χ1) is 9.51. The van der Waals surface area contributed by atoms with Gasteiger partial charge in [0.2, 0.25) is 0 Å².